The van der Waals surface area contributed by atoms with Crippen LogP contribution in [0.4, 0.5) is 5.69 Å². The molecular formula is C25H22N2O3. The zero-order chi connectivity index (χ0) is 21.1. The van der Waals surface area contributed by atoms with Crippen molar-refractivity contribution in [1.29, 1.82) is 0 Å². The number of hydrogen-bond donors (Lipinski definition) is 2. The van der Waals surface area contributed by atoms with E-state index in [1.165, 1.54) is 6.92 Å². The van der Waals surface area contributed by atoms with Gasteiger partial charge in [0.25, 0.3) is 0 Å². The lowest BCUT2D eigenvalue weighted by atomic mass is 9.96. The second-order valence-electron chi connectivity index (χ2n) is 7.10. The molecule has 1 unspecified atom stereocenters. The van der Waals surface area contributed by atoms with Gasteiger partial charge in [-0.25, -0.2) is 0 Å². The lowest BCUT2D eigenvalue weighted by Crippen LogP contribution is -2.21. The number of anilines is 1. The van der Waals surface area contributed by atoms with Gasteiger partial charge in [-0.05, 0) is 42.8 Å². The molecule has 0 aliphatic carbocycles. The third kappa shape index (κ3) is 3.82. The van der Waals surface area contributed by atoms with Crippen molar-refractivity contribution in [3.8, 4) is 5.75 Å². The van der Waals surface area contributed by atoms with Gasteiger partial charge in [0.15, 0.2) is 11.6 Å². The standard InChI is InChI=1S/C25H22N2O3/c1-16(28)18-11-12-23-21(13-18)22(15-26-23)25(29)24(17-7-4-3-5-8-17)27-19-9-6-10-20(14-19)30-2/h3-15,24,26-27H,1-2H3. The number of H-pyrrole nitrogens is 1. The molecule has 0 spiro atoms. The molecule has 0 aliphatic heterocycles. The van der Waals surface area contributed by atoms with Gasteiger partial charge >= 0.3 is 0 Å². The van der Waals surface area contributed by atoms with Crippen molar-refractivity contribution in [3.05, 3.63) is 95.7 Å². The summed E-state index contributed by atoms with van der Waals surface area (Å²) in [6.45, 7) is 1.52. The Balaban J connectivity index is 1.77. The number of hydrogen-bond acceptors (Lipinski definition) is 4. The highest BCUT2D eigenvalue weighted by atomic mass is 16.5. The topological polar surface area (TPSA) is 71.2 Å². The van der Waals surface area contributed by atoms with Gasteiger partial charge in [-0.15, -0.1) is 0 Å². The Bertz CT molecular complexity index is 1210. The lowest BCUT2D eigenvalue weighted by molar-refractivity contribution is 0.0969. The van der Waals surface area contributed by atoms with Crippen LogP contribution in [-0.2, 0) is 0 Å². The van der Waals surface area contributed by atoms with Crippen LogP contribution in [0, 0.1) is 0 Å². The molecule has 0 fully saturated rings. The summed E-state index contributed by atoms with van der Waals surface area (Å²) in [5.41, 5.74) is 3.56. The van der Waals surface area contributed by atoms with Crippen molar-refractivity contribution in [2.45, 2.75) is 13.0 Å². The average molecular weight is 398 g/mol. The number of carbonyl (C=O) groups excluding carboxylic acids is 2. The number of ketones is 2. The molecule has 1 aromatic heterocycles. The van der Waals surface area contributed by atoms with Crippen LogP contribution in [0.2, 0.25) is 0 Å². The van der Waals surface area contributed by atoms with Crippen molar-refractivity contribution in [1.82, 2.24) is 4.98 Å². The number of methoxy groups -OCH3 is 1. The van der Waals surface area contributed by atoms with Crippen molar-refractivity contribution in [3.63, 3.8) is 0 Å². The van der Waals surface area contributed by atoms with Gasteiger partial charge in [0.2, 0.25) is 0 Å². The van der Waals surface area contributed by atoms with E-state index >= 15 is 0 Å². The maximum absolute atomic E-state index is 13.7. The van der Waals surface area contributed by atoms with Crippen LogP contribution < -0.4 is 10.1 Å². The first-order valence-corrected chi connectivity index (χ1v) is 9.68. The van der Waals surface area contributed by atoms with Gasteiger partial charge in [-0.1, -0.05) is 36.4 Å². The first kappa shape index (κ1) is 19.5. The largest absolute Gasteiger partial charge is 0.497 e. The van der Waals surface area contributed by atoms with Crippen molar-refractivity contribution >= 4 is 28.2 Å². The summed E-state index contributed by atoms with van der Waals surface area (Å²) in [6, 6.07) is 21.8. The Hall–Kier alpha value is -3.86. The first-order chi connectivity index (χ1) is 14.6. The molecule has 30 heavy (non-hydrogen) atoms. The number of ether oxygens (including phenoxy) is 1. The molecule has 5 nitrogen and oxygen atoms in total. The molecule has 2 N–H and O–H groups in total. The highest BCUT2D eigenvalue weighted by Crippen LogP contribution is 2.29. The Morgan fingerprint density at radius 3 is 2.50 bits per heavy atom. The van der Waals surface area contributed by atoms with Crippen LogP contribution in [0.1, 0.15) is 39.2 Å². The van der Waals surface area contributed by atoms with Crippen molar-refractivity contribution in [2.24, 2.45) is 0 Å². The van der Waals surface area contributed by atoms with E-state index in [4.69, 9.17) is 4.74 Å². The second-order valence-corrected chi connectivity index (χ2v) is 7.10. The summed E-state index contributed by atoms with van der Waals surface area (Å²) in [6.07, 6.45) is 1.71. The van der Waals surface area contributed by atoms with E-state index in [-0.39, 0.29) is 11.6 Å². The van der Waals surface area contributed by atoms with E-state index in [0.29, 0.717) is 16.9 Å². The van der Waals surface area contributed by atoms with Gasteiger partial charge in [-0.3, -0.25) is 9.59 Å². The molecule has 0 saturated heterocycles. The Labute approximate surface area is 174 Å². The summed E-state index contributed by atoms with van der Waals surface area (Å²) >= 11 is 0. The molecule has 0 amide bonds. The number of nitrogens with one attached hydrogen (secondary N) is 2. The molecule has 0 bridgehead atoms. The van der Waals surface area contributed by atoms with E-state index in [2.05, 4.69) is 10.3 Å². The number of carbonyl (C=O) groups is 2. The van der Waals surface area contributed by atoms with E-state index in [0.717, 1.165) is 22.2 Å². The fraction of sp³-hybridized carbons (Fsp3) is 0.120. The fourth-order valence-electron chi connectivity index (χ4n) is 3.52. The number of fused-ring (bicyclic) bond motifs is 1. The number of rotatable bonds is 7. The molecule has 4 aromatic rings. The van der Waals surface area contributed by atoms with Crippen molar-refractivity contribution < 1.29 is 14.3 Å². The number of aromatic amines is 1. The minimum Gasteiger partial charge on any atom is -0.497 e. The normalized spacial score (nSPS) is 11.8. The predicted molar refractivity (Wildman–Crippen MR) is 118 cm³/mol. The van der Waals surface area contributed by atoms with Crippen LogP contribution in [-0.4, -0.2) is 23.7 Å². The Morgan fingerprint density at radius 2 is 1.77 bits per heavy atom. The highest BCUT2D eigenvalue weighted by molar-refractivity contribution is 6.12. The molecule has 1 atom stereocenters. The SMILES string of the molecule is COc1cccc(NC(C(=O)c2c[nH]c3ccc(C(C)=O)cc23)c2ccccc2)c1. The van der Waals surface area contributed by atoms with Gasteiger partial charge in [-0.2, -0.15) is 0 Å². The third-order valence-electron chi connectivity index (χ3n) is 5.13. The van der Waals surface area contributed by atoms with Crippen molar-refractivity contribution in [2.75, 3.05) is 12.4 Å². The predicted octanol–water partition coefficient (Wildman–Crippen LogP) is 5.42. The minimum absolute atomic E-state index is 0.0365. The van der Waals surface area contributed by atoms with E-state index in [1.54, 1.807) is 25.4 Å². The molecule has 1 heterocycles. The molecule has 150 valence electrons. The minimum atomic E-state index is -0.599. The quantitative estimate of drug-likeness (QED) is 0.408. The van der Waals surface area contributed by atoms with Gasteiger partial charge in [0, 0.05) is 40.0 Å². The van der Waals surface area contributed by atoms with Gasteiger partial charge in [0.05, 0.1) is 7.11 Å². The Morgan fingerprint density at radius 1 is 0.967 bits per heavy atom. The van der Waals surface area contributed by atoms with Crippen LogP contribution in [0.3, 0.4) is 0 Å². The van der Waals surface area contributed by atoms with Crippen LogP contribution in [0.5, 0.6) is 5.75 Å². The fourth-order valence-corrected chi connectivity index (χ4v) is 3.52. The zero-order valence-corrected chi connectivity index (χ0v) is 16.8. The van der Waals surface area contributed by atoms with Gasteiger partial charge < -0.3 is 15.0 Å². The third-order valence-corrected chi connectivity index (χ3v) is 5.13. The molecule has 4 rings (SSSR count). The van der Waals surface area contributed by atoms with E-state index < -0.39 is 6.04 Å². The monoisotopic (exact) mass is 398 g/mol. The molecule has 0 radical (unpaired) electrons. The first-order valence-electron chi connectivity index (χ1n) is 9.68. The lowest BCUT2D eigenvalue weighted by Gasteiger charge is -2.19. The van der Waals surface area contributed by atoms with Gasteiger partial charge in [0.1, 0.15) is 11.8 Å². The van der Waals surface area contributed by atoms with Crippen LogP contribution in [0.15, 0.2) is 79.0 Å². The summed E-state index contributed by atoms with van der Waals surface area (Å²) in [5, 5.41) is 4.09. The summed E-state index contributed by atoms with van der Waals surface area (Å²) in [4.78, 5) is 28.6. The number of Topliss-reactive ketones (excluding diaryl/α,β-unsaturated/α-hetero) is 2. The Kier molecular flexibility index (Phi) is 5.35. The molecule has 3 aromatic carbocycles. The summed E-state index contributed by atoms with van der Waals surface area (Å²) < 4.78 is 5.31. The molecule has 5 heteroatoms. The average Bonchev–Trinajstić information content (AvgIpc) is 3.21. The zero-order valence-electron chi connectivity index (χ0n) is 16.8. The smallest absolute Gasteiger partial charge is 0.191 e. The highest BCUT2D eigenvalue weighted by Gasteiger charge is 2.25. The summed E-state index contributed by atoms with van der Waals surface area (Å²) in [7, 11) is 1.61. The second kappa shape index (κ2) is 8.25. The molecule has 0 aliphatic rings. The summed E-state index contributed by atoms with van der Waals surface area (Å²) in [5.74, 6) is 0.582. The van der Waals surface area contributed by atoms with E-state index in [1.807, 2.05) is 60.7 Å². The number of benzene rings is 3. The maximum atomic E-state index is 13.7. The molecular weight excluding hydrogens is 376 g/mol. The van der Waals surface area contributed by atoms with Crippen LogP contribution in [0.25, 0.3) is 10.9 Å². The van der Waals surface area contributed by atoms with Crippen LogP contribution >= 0.6 is 0 Å². The maximum Gasteiger partial charge on any atom is 0.191 e. The van der Waals surface area contributed by atoms with E-state index in [9.17, 15) is 9.59 Å². The number of aromatic nitrogens is 1. The molecule has 0 saturated carbocycles.